The molecule has 0 radical (unpaired) electrons. The van der Waals surface area contributed by atoms with Gasteiger partial charge in [-0.25, -0.2) is 9.50 Å². The zero-order valence-electron chi connectivity index (χ0n) is 17.1. The summed E-state index contributed by atoms with van der Waals surface area (Å²) in [5.41, 5.74) is 3.55. The molecule has 1 unspecified atom stereocenters. The Morgan fingerprint density at radius 1 is 1.23 bits per heavy atom. The van der Waals surface area contributed by atoms with Gasteiger partial charge in [0, 0.05) is 39.6 Å². The third kappa shape index (κ3) is 3.56. The Morgan fingerprint density at radius 2 is 2.00 bits per heavy atom. The van der Waals surface area contributed by atoms with Crippen molar-refractivity contribution in [3.8, 4) is 0 Å². The van der Waals surface area contributed by atoms with Crippen LogP contribution in [0.15, 0.2) is 35.6 Å². The number of nitrogens with zero attached hydrogens (tertiary/aromatic N) is 4. The number of benzene rings is 1. The third-order valence-electron chi connectivity index (χ3n) is 5.07. The summed E-state index contributed by atoms with van der Waals surface area (Å²) >= 11 is 1.43. The quantitative estimate of drug-likeness (QED) is 0.288. The van der Waals surface area contributed by atoms with Gasteiger partial charge >= 0.3 is 5.97 Å². The van der Waals surface area contributed by atoms with Gasteiger partial charge in [0.15, 0.2) is 6.10 Å². The van der Waals surface area contributed by atoms with Crippen molar-refractivity contribution in [1.82, 2.24) is 24.6 Å². The minimum Gasteiger partial charge on any atom is -0.454 e. The van der Waals surface area contributed by atoms with Crippen molar-refractivity contribution < 1.29 is 14.3 Å². The lowest BCUT2D eigenvalue weighted by Gasteiger charge is -2.14. The van der Waals surface area contributed by atoms with Crippen molar-refractivity contribution in [3.05, 3.63) is 53.0 Å². The van der Waals surface area contributed by atoms with Crippen LogP contribution in [-0.4, -0.2) is 48.7 Å². The first kappa shape index (κ1) is 20.1. The predicted octanol–water partition coefficient (Wildman–Crippen LogP) is 3.30. The van der Waals surface area contributed by atoms with Crippen molar-refractivity contribution in [2.45, 2.75) is 38.5 Å². The van der Waals surface area contributed by atoms with Crippen LogP contribution in [-0.2, 0) is 16.0 Å². The molecule has 1 N–H and O–H groups in total. The van der Waals surface area contributed by atoms with E-state index in [0.29, 0.717) is 22.2 Å². The van der Waals surface area contributed by atoms with Gasteiger partial charge in [-0.3, -0.25) is 9.59 Å². The normalized spacial score (nSPS) is 12.4. The highest BCUT2D eigenvalue weighted by Gasteiger charge is 2.24. The molecule has 0 fully saturated rings. The molecule has 0 amide bonds. The number of aromatic nitrogens is 5. The number of esters is 1. The topological polar surface area (TPSA) is 102 Å². The Hall–Kier alpha value is -3.20. The largest absolute Gasteiger partial charge is 0.454 e. The maximum absolute atomic E-state index is 12.8. The molecule has 3 aromatic heterocycles. The Bertz CT molecular complexity index is 1280. The third-order valence-corrected chi connectivity index (χ3v) is 5.60. The van der Waals surface area contributed by atoms with Gasteiger partial charge in [-0.15, -0.1) is 5.10 Å². The number of H-pyrrole nitrogens is 1. The summed E-state index contributed by atoms with van der Waals surface area (Å²) in [5, 5.41) is 5.81. The fourth-order valence-electron chi connectivity index (χ4n) is 3.46. The molecule has 0 aliphatic carbocycles. The Morgan fingerprint density at radius 3 is 2.77 bits per heavy atom. The van der Waals surface area contributed by atoms with Gasteiger partial charge in [-0.2, -0.15) is 4.98 Å². The Kier molecular flexibility index (Phi) is 5.29. The van der Waals surface area contributed by atoms with Gasteiger partial charge in [0.05, 0.1) is 6.42 Å². The fourth-order valence-corrected chi connectivity index (χ4v) is 3.80. The number of aromatic amines is 1. The molecule has 0 bridgehead atoms. The lowest BCUT2D eigenvalue weighted by molar-refractivity contribution is -0.145. The molecule has 4 rings (SSSR count). The van der Waals surface area contributed by atoms with E-state index in [2.05, 4.69) is 20.1 Å². The van der Waals surface area contributed by atoms with E-state index in [0.717, 1.165) is 22.2 Å². The number of aryl methyl sites for hydroxylation is 2. The monoisotopic (exact) mass is 423 g/mol. The van der Waals surface area contributed by atoms with Crippen molar-refractivity contribution >= 4 is 40.2 Å². The van der Waals surface area contributed by atoms with Gasteiger partial charge in [0.1, 0.15) is 0 Å². The molecule has 0 saturated heterocycles. The van der Waals surface area contributed by atoms with E-state index in [9.17, 15) is 9.59 Å². The van der Waals surface area contributed by atoms with Crippen molar-refractivity contribution in [2.24, 2.45) is 0 Å². The standard InChI is InChI=1S/C21H21N5O3S/c1-11-15(12(2)26-20(23-11)24-21(25-26)30-4)9-18(27)29-13(3)19(28)16-10-22-17-8-6-5-7-14(16)17/h5-8,10,13,22H,9H2,1-4H3. The number of rotatable bonds is 6. The van der Waals surface area contributed by atoms with Crippen LogP contribution in [0.3, 0.4) is 0 Å². The molecular weight excluding hydrogens is 402 g/mol. The molecule has 3 heterocycles. The number of carbonyl (C=O) groups excluding carboxylic acids is 2. The van der Waals surface area contributed by atoms with E-state index in [4.69, 9.17) is 4.74 Å². The number of carbonyl (C=O) groups is 2. The van der Waals surface area contributed by atoms with Gasteiger partial charge in [-0.05, 0) is 33.1 Å². The summed E-state index contributed by atoms with van der Waals surface area (Å²) in [4.78, 5) is 37.3. The molecule has 154 valence electrons. The molecule has 30 heavy (non-hydrogen) atoms. The average Bonchev–Trinajstić information content (AvgIpc) is 3.34. The molecule has 8 nitrogen and oxygen atoms in total. The Labute approximate surface area is 177 Å². The molecule has 0 aliphatic heterocycles. The molecule has 1 aromatic carbocycles. The summed E-state index contributed by atoms with van der Waals surface area (Å²) in [5.74, 6) is -0.244. The number of hydrogen-bond donors (Lipinski definition) is 1. The van der Waals surface area contributed by atoms with Crippen LogP contribution in [0, 0.1) is 13.8 Å². The lowest BCUT2D eigenvalue weighted by atomic mass is 10.1. The highest BCUT2D eigenvalue weighted by atomic mass is 32.2. The maximum atomic E-state index is 12.8. The second-order valence-corrected chi connectivity index (χ2v) is 7.77. The van der Waals surface area contributed by atoms with Crippen LogP contribution >= 0.6 is 11.8 Å². The summed E-state index contributed by atoms with van der Waals surface area (Å²) in [6.07, 6.45) is 2.64. The second kappa shape index (κ2) is 7.91. The highest BCUT2D eigenvalue weighted by molar-refractivity contribution is 7.98. The number of nitrogens with one attached hydrogen (secondary N) is 1. The van der Waals surface area contributed by atoms with Gasteiger partial charge in [-0.1, -0.05) is 30.0 Å². The zero-order valence-corrected chi connectivity index (χ0v) is 17.9. The number of ether oxygens (including phenoxy) is 1. The number of fused-ring (bicyclic) bond motifs is 2. The van der Waals surface area contributed by atoms with Gasteiger partial charge in [0.2, 0.25) is 10.9 Å². The number of thioether (sulfide) groups is 1. The Balaban J connectivity index is 1.52. The van der Waals surface area contributed by atoms with Crippen molar-refractivity contribution in [2.75, 3.05) is 6.26 Å². The SMILES string of the molecule is CSc1nc2nc(C)c(CC(=O)OC(C)C(=O)c3c[nH]c4ccccc34)c(C)n2n1. The molecular formula is C21H21N5O3S. The zero-order chi connectivity index (χ0) is 21.4. The summed E-state index contributed by atoms with van der Waals surface area (Å²) < 4.78 is 7.08. The smallest absolute Gasteiger partial charge is 0.311 e. The summed E-state index contributed by atoms with van der Waals surface area (Å²) in [6, 6.07) is 7.51. The number of ketones is 1. The average molecular weight is 423 g/mol. The van der Waals surface area contributed by atoms with Crippen LogP contribution in [0.4, 0.5) is 0 Å². The van der Waals surface area contributed by atoms with Crippen molar-refractivity contribution in [1.29, 1.82) is 0 Å². The fraction of sp³-hybridized carbons (Fsp3) is 0.286. The number of para-hydroxylation sites is 1. The molecule has 9 heteroatoms. The second-order valence-electron chi connectivity index (χ2n) is 6.99. The highest BCUT2D eigenvalue weighted by Crippen LogP contribution is 2.21. The van der Waals surface area contributed by atoms with Crippen LogP contribution in [0.1, 0.15) is 34.2 Å². The van der Waals surface area contributed by atoms with Crippen LogP contribution in [0.5, 0.6) is 0 Å². The van der Waals surface area contributed by atoms with E-state index in [-0.39, 0.29) is 12.2 Å². The van der Waals surface area contributed by atoms with Gasteiger partial charge in [0.25, 0.3) is 5.78 Å². The molecule has 0 spiro atoms. The van der Waals surface area contributed by atoms with Crippen LogP contribution < -0.4 is 0 Å². The molecule has 0 saturated carbocycles. The van der Waals surface area contributed by atoms with Gasteiger partial charge < -0.3 is 9.72 Å². The number of hydrogen-bond acceptors (Lipinski definition) is 7. The first-order valence-electron chi connectivity index (χ1n) is 9.45. The minimum absolute atomic E-state index is 0.000568. The van der Waals surface area contributed by atoms with E-state index in [1.54, 1.807) is 17.6 Å². The first-order valence-corrected chi connectivity index (χ1v) is 10.7. The van der Waals surface area contributed by atoms with E-state index >= 15 is 0 Å². The molecule has 0 aliphatic rings. The minimum atomic E-state index is -0.900. The molecule has 4 aromatic rings. The van der Waals surface area contributed by atoms with E-state index < -0.39 is 12.1 Å². The maximum Gasteiger partial charge on any atom is 0.311 e. The number of Topliss-reactive ketones (excluding diaryl/α,β-unsaturated/α-hetero) is 1. The summed E-state index contributed by atoms with van der Waals surface area (Å²) in [6.45, 7) is 5.28. The van der Waals surface area contributed by atoms with E-state index in [1.807, 2.05) is 44.4 Å². The van der Waals surface area contributed by atoms with E-state index in [1.165, 1.54) is 11.8 Å². The summed E-state index contributed by atoms with van der Waals surface area (Å²) in [7, 11) is 0. The molecule has 1 atom stereocenters. The van der Waals surface area contributed by atoms with Crippen molar-refractivity contribution in [3.63, 3.8) is 0 Å². The first-order chi connectivity index (χ1) is 14.4. The van der Waals surface area contributed by atoms with Crippen LogP contribution in [0.25, 0.3) is 16.7 Å². The predicted molar refractivity (Wildman–Crippen MR) is 114 cm³/mol. The lowest BCUT2D eigenvalue weighted by Crippen LogP contribution is -2.25. The van der Waals surface area contributed by atoms with Crippen LogP contribution in [0.2, 0.25) is 0 Å².